The summed E-state index contributed by atoms with van der Waals surface area (Å²) >= 11 is 0. The van der Waals surface area contributed by atoms with E-state index in [4.69, 9.17) is 5.11 Å². The molecule has 8 nitrogen and oxygen atoms in total. The van der Waals surface area contributed by atoms with Crippen LogP contribution < -0.4 is 16.0 Å². The van der Waals surface area contributed by atoms with E-state index in [1.165, 1.54) is 0 Å². The number of aliphatic carboxylic acids is 1. The molecule has 0 aromatic rings. The Labute approximate surface area is 110 Å². The monoisotopic (exact) mass is 273 g/mol. The summed E-state index contributed by atoms with van der Waals surface area (Å²) in [6.45, 7) is -0.786. The van der Waals surface area contributed by atoms with Crippen LogP contribution >= 0.6 is 0 Å². The molecule has 0 aliphatic heterocycles. The van der Waals surface area contributed by atoms with Crippen LogP contribution in [-0.2, 0) is 9.59 Å². The number of carbonyl (C=O) groups excluding carboxylic acids is 2. The number of rotatable bonds is 5. The summed E-state index contributed by atoms with van der Waals surface area (Å²) in [6.07, 6.45) is 2.70. The number of hydrogen-bond donors (Lipinski definition) is 5. The summed E-state index contributed by atoms with van der Waals surface area (Å²) in [4.78, 5) is 32.8. The van der Waals surface area contributed by atoms with Crippen molar-refractivity contribution in [2.45, 2.75) is 37.8 Å². The molecule has 0 bridgehead atoms. The molecule has 2 unspecified atom stereocenters. The van der Waals surface area contributed by atoms with Crippen molar-refractivity contribution in [2.24, 2.45) is 0 Å². The average Bonchev–Trinajstić information content (AvgIpc) is 2.36. The van der Waals surface area contributed by atoms with E-state index < -0.39 is 30.6 Å². The molecule has 0 heterocycles. The van der Waals surface area contributed by atoms with Gasteiger partial charge in [0.1, 0.15) is 6.54 Å². The quantitative estimate of drug-likeness (QED) is 0.429. The highest BCUT2D eigenvalue weighted by molar-refractivity contribution is 5.86. The number of hydrogen-bond acceptors (Lipinski definition) is 4. The maximum absolute atomic E-state index is 11.5. The SMILES string of the molecule is O=C(O)CNC(=O)CNC(=O)NC1CCCCC1O. The first-order valence-electron chi connectivity index (χ1n) is 6.20. The van der Waals surface area contributed by atoms with Crippen LogP contribution in [0.1, 0.15) is 25.7 Å². The fourth-order valence-electron chi connectivity index (χ4n) is 1.90. The molecule has 19 heavy (non-hydrogen) atoms. The Bertz CT molecular complexity index is 347. The molecule has 3 amide bonds. The van der Waals surface area contributed by atoms with Crippen molar-refractivity contribution >= 4 is 17.9 Å². The van der Waals surface area contributed by atoms with Crippen LogP contribution in [-0.4, -0.2) is 53.4 Å². The van der Waals surface area contributed by atoms with Gasteiger partial charge in [-0.25, -0.2) is 4.79 Å². The molecule has 1 saturated carbocycles. The fraction of sp³-hybridized carbons (Fsp3) is 0.727. The van der Waals surface area contributed by atoms with E-state index in [2.05, 4.69) is 16.0 Å². The molecular formula is C11H19N3O5. The van der Waals surface area contributed by atoms with E-state index in [0.29, 0.717) is 12.8 Å². The first-order valence-corrected chi connectivity index (χ1v) is 6.20. The molecule has 1 fully saturated rings. The van der Waals surface area contributed by atoms with Gasteiger partial charge in [-0.1, -0.05) is 12.8 Å². The highest BCUT2D eigenvalue weighted by Gasteiger charge is 2.24. The van der Waals surface area contributed by atoms with Crippen LogP contribution in [0.15, 0.2) is 0 Å². The standard InChI is InChI=1S/C11H19N3O5/c15-8-4-2-1-3-7(8)14-11(19)13-5-9(16)12-6-10(17)18/h7-8,15H,1-6H2,(H,12,16)(H,17,18)(H2,13,14,19). The molecule has 0 spiro atoms. The molecule has 2 atom stereocenters. The lowest BCUT2D eigenvalue weighted by Gasteiger charge is -2.28. The Balaban J connectivity index is 2.20. The highest BCUT2D eigenvalue weighted by Crippen LogP contribution is 2.17. The summed E-state index contributed by atoms with van der Waals surface area (Å²) in [7, 11) is 0. The van der Waals surface area contributed by atoms with Crippen molar-refractivity contribution in [1.29, 1.82) is 0 Å². The number of amides is 3. The fourth-order valence-corrected chi connectivity index (χ4v) is 1.90. The number of carboxylic acid groups (broad SMARTS) is 1. The van der Waals surface area contributed by atoms with E-state index in [1.807, 2.05) is 0 Å². The van der Waals surface area contributed by atoms with Gasteiger partial charge >= 0.3 is 12.0 Å². The lowest BCUT2D eigenvalue weighted by atomic mass is 9.93. The van der Waals surface area contributed by atoms with Crippen LogP contribution in [0, 0.1) is 0 Å². The Morgan fingerprint density at radius 3 is 2.37 bits per heavy atom. The smallest absolute Gasteiger partial charge is 0.322 e. The molecule has 1 aliphatic carbocycles. The Hall–Kier alpha value is -1.83. The zero-order valence-corrected chi connectivity index (χ0v) is 10.5. The van der Waals surface area contributed by atoms with Gasteiger partial charge in [0.05, 0.1) is 18.7 Å². The molecule has 8 heteroatoms. The van der Waals surface area contributed by atoms with Crippen molar-refractivity contribution in [3.05, 3.63) is 0 Å². The van der Waals surface area contributed by atoms with Crippen LogP contribution in [0.5, 0.6) is 0 Å². The van der Waals surface area contributed by atoms with E-state index in [-0.39, 0.29) is 12.6 Å². The normalized spacial score (nSPS) is 22.4. The van der Waals surface area contributed by atoms with Gasteiger partial charge in [-0.15, -0.1) is 0 Å². The van der Waals surface area contributed by atoms with Gasteiger partial charge in [-0.2, -0.15) is 0 Å². The summed E-state index contributed by atoms with van der Waals surface area (Å²) in [6, 6.07) is -0.841. The summed E-state index contributed by atoms with van der Waals surface area (Å²) in [5.74, 6) is -1.73. The molecule has 108 valence electrons. The number of carbonyl (C=O) groups is 3. The Morgan fingerprint density at radius 1 is 1.05 bits per heavy atom. The van der Waals surface area contributed by atoms with Crippen LogP contribution in [0.4, 0.5) is 4.79 Å². The van der Waals surface area contributed by atoms with Gasteiger partial charge in [-0.05, 0) is 12.8 Å². The van der Waals surface area contributed by atoms with Crippen molar-refractivity contribution in [2.75, 3.05) is 13.1 Å². The van der Waals surface area contributed by atoms with Crippen molar-refractivity contribution in [3.63, 3.8) is 0 Å². The Kier molecular flexibility index (Phi) is 6.07. The average molecular weight is 273 g/mol. The van der Waals surface area contributed by atoms with Gasteiger partial charge < -0.3 is 26.2 Å². The van der Waals surface area contributed by atoms with E-state index in [9.17, 15) is 19.5 Å². The topological polar surface area (TPSA) is 128 Å². The lowest BCUT2D eigenvalue weighted by molar-refractivity contribution is -0.137. The van der Waals surface area contributed by atoms with Gasteiger partial charge in [0.25, 0.3) is 0 Å². The molecule has 1 rings (SSSR count). The predicted molar refractivity (Wildman–Crippen MR) is 65.4 cm³/mol. The van der Waals surface area contributed by atoms with Crippen molar-refractivity contribution in [3.8, 4) is 0 Å². The summed E-state index contributed by atoms with van der Waals surface area (Å²) in [5.41, 5.74) is 0. The van der Waals surface area contributed by atoms with Crippen LogP contribution in [0.2, 0.25) is 0 Å². The highest BCUT2D eigenvalue weighted by atomic mass is 16.4. The maximum Gasteiger partial charge on any atom is 0.322 e. The van der Waals surface area contributed by atoms with Crippen molar-refractivity contribution in [1.82, 2.24) is 16.0 Å². The van der Waals surface area contributed by atoms with Gasteiger partial charge in [0.2, 0.25) is 5.91 Å². The summed E-state index contributed by atoms with van der Waals surface area (Å²) < 4.78 is 0. The maximum atomic E-state index is 11.5. The third-order valence-corrected chi connectivity index (χ3v) is 2.89. The van der Waals surface area contributed by atoms with Gasteiger partial charge in [0, 0.05) is 0 Å². The first-order chi connectivity index (χ1) is 8.99. The number of carboxylic acids is 1. The lowest BCUT2D eigenvalue weighted by Crippen LogP contribution is -2.50. The first kappa shape index (κ1) is 15.2. The van der Waals surface area contributed by atoms with Crippen LogP contribution in [0.3, 0.4) is 0 Å². The molecule has 0 aromatic carbocycles. The second kappa shape index (κ2) is 7.57. The number of aliphatic hydroxyl groups is 1. The minimum absolute atomic E-state index is 0.296. The van der Waals surface area contributed by atoms with E-state index in [1.54, 1.807) is 0 Å². The minimum atomic E-state index is -1.15. The second-order valence-corrected chi connectivity index (χ2v) is 4.46. The number of nitrogens with one attached hydrogen (secondary N) is 3. The Morgan fingerprint density at radius 2 is 1.74 bits per heavy atom. The van der Waals surface area contributed by atoms with Crippen LogP contribution in [0.25, 0.3) is 0 Å². The molecule has 5 N–H and O–H groups in total. The predicted octanol–water partition coefficient (Wildman–Crippen LogP) is -1.21. The zero-order chi connectivity index (χ0) is 14.3. The third kappa shape index (κ3) is 6.05. The number of aliphatic hydroxyl groups excluding tert-OH is 1. The molecule has 0 saturated heterocycles. The molecular weight excluding hydrogens is 254 g/mol. The molecule has 0 aromatic heterocycles. The zero-order valence-electron chi connectivity index (χ0n) is 10.5. The number of urea groups is 1. The minimum Gasteiger partial charge on any atom is -0.480 e. The second-order valence-electron chi connectivity index (χ2n) is 4.46. The molecule has 1 aliphatic rings. The van der Waals surface area contributed by atoms with Crippen molar-refractivity contribution < 1.29 is 24.6 Å². The third-order valence-electron chi connectivity index (χ3n) is 2.89. The van der Waals surface area contributed by atoms with E-state index in [0.717, 1.165) is 12.8 Å². The van der Waals surface area contributed by atoms with Gasteiger partial charge in [-0.3, -0.25) is 9.59 Å². The van der Waals surface area contributed by atoms with E-state index >= 15 is 0 Å². The molecule has 0 radical (unpaired) electrons. The largest absolute Gasteiger partial charge is 0.480 e. The van der Waals surface area contributed by atoms with Gasteiger partial charge in [0.15, 0.2) is 0 Å². The summed E-state index contributed by atoms with van der Waals surface area (Å²) in [5, 5.41) is 25.0.